The lowest BCUT2D eigenvalue weighted by atomic mass is 10.6. The van der Waals surface area contributed by atoms with Gasteiger partial charge in [-0.25, -0.2) is 8.42 Å². The van der Waals surface area contributed by atoms with E-state index in [-0.39, 0.29) is 11.5 Å². The van der Waals surface area contributed by atoms with Gasteiger partial charge in [0, 0.05) is 18.6 Å². The zero-order valence-electron chi connectivity index (χ0n) is 10.1. The molecule has 0 aliphatic heterocycles. The summed E-state index contributed by atoms with van der Waals surface area (Å²) in [6.07, 6.45) is 0.661. The van der Waals surface area contributed by atoms with Crippen LogP contribution in [0.25, 0.3) is 0 Å². The number of aromatic nitrogens is 3. The minimum absolute atomic E-state index is 0.177. The number of nitrogens with two attached hydrogens (primary N) is 1. The standard InChI is InChI=1S/C9H18N4O2S2/c1-3-5-17(14,15)6-4-16-9-12-11-8(7-10)13(9)2/h3-7,10H2,1-2H3. The van der Waals surface area contributed by atoms with Crippen LogP contribution >= 0.6 is 11.8 Å². The van der Waals surface area contributed by atoms with Crippen molar-refractivity contribution in [3.63, 3.8) is 0 Å². The Morgan fingerprint density at radius 1 is 1.35 bits per heavy atom. The summed E-state index contributed by atoms with van der Waals surface area (Å²) in [5.41, 5.74) is 5.47. The first-order valence-electron chi connectivity index (χ1n) is 5.41. The number of thioether (sulfide) groups is 1. The van der Waals surface area contributed by atoms with Gasteiger partial charge >= 0.3 is 0 Å². The normalized spacial score (nSPS) is 11.9. The second-order valence-electron chi connectivity index (χ2n) is 3.66. The monoisotopic (exact) mass is 278 g/mol. The molecular formula is C9H18N4O2S2. The van der Waals surface area contributed by atoms with E-state index in [1.54, 1.807) is 4.57 Å². The molecule has 0 aromatic carbocycles. The van der Waals surface area contributed by atoms with Gasteiger partial charge in [-0.1, -0.05) is 18.7 Å². The largest absolute Gasteiger partial charge is 0.324 e. The van der Waals surface area contributed by atoms with Crippen molar-refractivity contribution < 1.29 is 8.42 Å². The summed E-state index contributed by atoms with van der Waals surface area (Å²) < 4.78 is 24.8. The molecule has 2 N–H and O–H groups in total. The average Bonchev–Trinajstić information content (AvgIpc) is 2.60. The number of rotatable bonds is 7. The molecule has 0 amide bonds. The number of hydrogen-bond acceptors (Lipinski definition) is 6. The summed E-state index contributed by atoms with van der Waals surface area (Å²) in [5, 5.41) is 8.56. The van der Waals surface area contributed by atoms with Gasteiger partial charge in [0.05, 0.1) is 12.3 Å². The quantitative estimate of drug-likeness (QED) is 0.716. The topological polar surface area (TPSA) is 90.9 Å². The molecule has 0 bridgehead atoms. The van der Waals surface area contributed by atoms with Gasteiger partial charge < -0.3 is 10.3 Å². The minimum Gasteiger partial charge on any atom is -0.324 e. The summed E-state index contributed by atoms with van der Waals surface area (Å²) in [7, 11) is -1.09. The van der Waals surface area contributed by atoms with Gasteiger partial charge in [0.15, 0.2) is 15.0 Å². The summed E-state index contributed by atoms with van der Waals surface area (Å²) in [6.45, 7) is 2.19. The van der Waals surface area contributed by atoms with Crippen LogP contribution in [0.1, 0.15) is 19.2 Å². The molecule has 6 nitrogen and oxygen atoms in total. The maximum absolute atomic E-state index is 11.5. The molecule has 1 rings (SSSR count). The van der Waals surface area contributed by atoms with E-state index in [4.69, 9.17) is 5.73 Å². The second-order valence-corrected chi connectivity index (χ2v) is 7.03. The van der Waals surface area contributed by atoms with Crippen LogP contribution in [-0.4, -0.2) is 40.4 Å². The summed E-state index contributed by atoms with van der Waals surface area (Å²) in [5.74, 6) is 1.62. The lowest BCUT2D eigenvalue weighted by Gasteiger charge is -2.03. The van der Waals surface area contributed by atoms with E-state index in [0.29, 0.717) is 29.7 Å². The molecule has 8 heteroatoms. The van der Waals surface area contributed by atoms with Crippen molar-refractivity contribution >= 4 is 21.6 Å². The van der Waals surface area contributed by atoms with Crippen LogP contribution in [0.5, 0.6) is 0 Å². The van der Waals surface area contributed by atoms with Crippen molar-refractivity contribution in [2.45, 2.75) is 25.0 Å². The number of hydrogen-bond donors (Lipinski definition) is 1. The molecule has 0 atom stereocenters. The molecule has 0 aliphatic carbocycles. The van der Waals surface area contributed by atoms with Crippen molar-refractivity contribution in [1.29, 1.82) is 0 Å². The summed E-state index contributed by atoms with van der Waals surface area (Å²) >= 11 is 1.39. The maximum atomic E-state index is 11.5. The SMILES string of the molecule is CCCS(=O)(=O)CCSc1nnc(CN)n1C. The van der Waals surface area contributed by atoms with Crippen LogP contribution in [0.3, 0.4) is 0 Å². The highest BCUT2D eigenvalue weighted by Gasteiger charge is 2.12. The van der Waals surface area contributed by atoms with Gasteiger partial charge in [-0.2, -0.15) is 0 Å². The van der Waals surface area contributed by atoms with Crippen LogP contribution in [0.4, 0.5) is 0 Å². The van der Waals surface area contributed by atoms with Gasteiger partial charge in [0.25, 0.3) is 0 Å². The van der Waals surface area contributed by atoms with Crippen LogP contribution < -0.4 is 5.73 Å². The second kappa shape index (κ2) is 6.36. The minimum atomic E-state index is -2.92. The molecule has 0 unspecified atom stereocenters. The molecule has 98 valence electrons. The van der Waals surface area contributed by atoms with E-state index >= 15 is 0 Å². The Morgan fingerprint density at radius 2 is 2.06 bits per heavy atom. The van der Waals surface area contributed by atoms with E-state index in [1.807, 2.05) is 14.0 Å². The predicted molar refractivity (Wildman–Crippen MR) is 68.6 cm³/mol. The van der Waals surface area contributed by atoms with Gasteiger partial charge in [0.2, 0.25) is 0 Å². The molecule has 0 aliphatic rings. The highest BCUT2D eigenvalue weighted by atomic mass is 32.2. The first kappa shape index (κ1) is 14.5. The smallest absolute Gasteiger partial charge is 0.191 e. The third-order valence-corrected chi connectivity index (χ3v) is 5.39. The molecular weight excluding hydrogens is 260 g/mol. The fourth-order valence-electron chi connectivity index (χ4n) is 1.32. The van der Waals surface area contributed by atoms with E-state index in [9.17, 15) is 8.42 Å². The van der Waals surface area contributed by atoms with Crippen molar-refractivity contribution in [3.8, 4) is 0 Å². The molecule has 0 radical (unpaired) electrons. The van der Waals surface area contributed by atoms with Gasteiger partial charge in [0.1, 0.15) is 5.82 Å². The Kier molecular flexibility index (Phi) is 5.41. The van der Waals surface area contributed by atoms with Crippen molar-refractivity contribution in [1.82, 2.24) is 14.8 Å². The highest BCUT2D eigenvalue weighted by molar-refractivity contribution is 8.00. The fraction of sp³-hybridized carbons (Fsp3) is 0.778. The summed E-state index contributed by atoms with van der Waals surface area (Å²) in [6, 6.07) is 0. The van der Waals surface area contributed by atoms with Gasteiger partial charge in [-0.15, -0.1) is 10.2 Å². The lowest BCUT2D eigenvalue weighted by molar-refractivity contribution is 0.596. The molecule has 0 fully saturated rings. The number of sulfone groups is 1. The Bertz CT molecular complexity index is 456. The molecule has 1 aromatic rings. The number of nitrogens with zero attached hydrogens (tertiary/aromatic N) is 3. The fourth-order valence-corrected chi connectivity index (χ4v) is 4.08. The lowest BCUT2D eigenvalue weighted by Crippen LogP contribution is -2.12. The first-order chi connectivity index (χ1) is 8.00. The average molecular weight is 278 g/mol. The predicted octanol–water partition coefficient (Wildman–Crippen LogP) is 0.191. The molecule has 1 heterocycles. The Labute approximate surface area is 106 Å². The van der Waals surface area contributed by atoms with E-state index < -0.39 is 9.84 Å². The van der Waals surface area contributed by atoms with Gasteiger partial charge in [-0.3, -0.25) is 0 Å². The molecule has 0 spiro atoms. The van der Waals surface area contributed by atoms with Gasteiger partial charge in [-0.05, 0) is 6.42 Å². The molecule has 17 heavy (non-hydrogen) atoms. The van der Waals surface area contributed by atoms with Crippen LogP contribution in [0.15, 0.2) is 5.16 Å². The zero-order chi connectivity index (χ0) is 12.9. The molecule has 0 saturated carbocycles. The van der Waals surface area contributed by atoms with Crippen molar-refractivity contribution in [2.24, 2.45) is 12.8 Å². The third kappa shape index (κ3) is 4.29. The Balaban J connectivity index is 2.49. The van der Waals surface area contributed by atoms with Crippen molar-refractivity contribution in [3.05, 3.63) is 5.82 Å². The zero-order valence-corrected chi connectivity index (χ0v) is 11.7. The van der Waals surface area contributed by atoms with Crippen LogP contribution in [-0.2, 0) is 23.4 Å². The van der Waals surface area contributed by atoms with Crippen molar-refractivity contribution in [2.75, 3.05) is 17.3 Å². The maximum Gasteiger partial charge on any atom is 0.191 e. The van der Waals surface area contributed by atoms with E-state index in [1.165, 1.54) is 11.8 Å². The van der Waals surface area contributed by atoms with Crippen LogP contribution in [0, 0.1) is 0 Å². The van der Waals surface area contributed by atoms with Crippen LogP contribution in [0.2, 0.25) is 0 Å². The molecule has 1 aromatic heterocycles. The third-order valence-electron chi connectivity index (χ3n) is 2.25. The highest BCUT2D eigenvalue weighted by Crippen LogP contribution is 2.15. The first-order valence-corrected chi connectivity index (χ1v) is 8.22. The van der Waals surface area contributed by atoms with E-state index in [2.05, 4.69) is 10.2 Å². The molecule has 0 saturated heterocycles. The van der Waals surface area contributed by atoms with E-state index in [0.717, 1.165) is 0 Å². The Morgan fingerprint density at radius 3 is 2.59 bits per heavy atom. The summed E-state index contributed by atoms with van der Waals surface area (Å²) in [4.78, 5) is 0. The Hall–Kier alpha value is -0.600.